The molecule has 13 nitrogen and oxygen atoms in total. The van der Waals surface area contributed by atoms with Crippen LogP contribution >= 0.6 is 0 Å². The molecule has 63 heavy (non-hydrogen) atoms. The zero-order chi connectivity index (χ0) is 45.0. The average molecular weight is 878 g/mol. The van der Waals surface area contributed by atoms with Crippen LogP contribution in [0.1, 0.15) is 121 Å². The predicted molar refractivity (Wildman–Crippen MR) is 232 cm³/mol. The van der Waals surface area contributed by atoms with Crippen LogP contribution in [-0.2, 0) is 42.9 Å². The predicted octanol–water partition coefficient (Wildman–Crippen LogP) is 8.74. The van der Waals surface area contributed by atoms with Crippen molar-refractivity contribution in [3.05, 3.63) is 73.2 Å². The van der Waals surface area contributed by atoms with E-state index in [0.29, 0.717) is 71.3 Å². The van der Waals surface area contributed by atoms with E-state index in [1.165, 1.54) is 36.5 Å². The van der Waals surface area contributed by atoms with Gasteiger partial charge < -0.3 is 37.9 Å². The van der Waals surface area contributed by atoms with Gasteiger partial charge in [0.15, 0.2) is 0 Å². The number of unbranched alkanes of at least 4 members (excludes halogenated alkanes) is 10. The van der Waals surface area contributed by atoms with E-state index in [2.05, 4.69) is 30.0 Å². The summed E-state index contributed by atoms with van der Waals surface area (Å²) in [5.74, 6) is 2.75. The Labute approximate surface area is 371 Å². The lowest BCUT2D eigenvalue weighted by atomic mass is 9.58. The molecule has 0 amide bonds. The van der Waals surface area contributed by atoms with Crippen LogP contribution in [0.5, 0.6) is 17.4 Å². The molecule has 3 aliphatic rings. The smallest absolute Gasteiger partial charge is 0.391 e. The summed E-state index contributed by atoms with van der Waals surface area (Å²) in [6.45, 7) is 10.4. The number of esters is 4. The largest absolute Gasteiger partial charge is 0.493 e. The van der Waals surface area contributed by atoms with Crippen molar-refractivity contribution in [2.75, 3.05) is 52.9 Å². The summed E-state index contributed by atoms with van der Waals surface area (Å²) in [6, 6.07) is 7.25. The monoisotopic (exact) mass is 877 g/mol. The number of pyridine rings is 1. The van der Waals surface area contributed by atoms with Gasteiger partial charge in [-0.25, -0.2) is 23.8 Å². The molecular weight excluding hydrogens is 814 g/mol. The van der Waals surface area contributed by atoms with Gasteiger partial charge in [-0.05, 0) is 88.8 Å². The summed E-state index contributed by atoms with van der Waals surface area (Å²) in [6.07, 6.45) is 20.5. The Morgan fingerprint density at radius 3 is 1.83 bits per heavy atom. The van der Waals surface area contributed by atoms with Gasteiger partial charge in [0.05, 0.1) is 55.8 Å². The summed E-state index contributed by atoms with van der Waals surface area (Å²) in [5.41, 5.74) is -0.717. The van der Waals surface area contributed by atoms with Crippen molar-refractivity contribution >= 4 is 23.9 Å². The third kappa shape index (κ3) is 19.0. The minimum absolute atomic E-state index is 0.0294. The number of carbonyl (C=O) groups is 4. The fourth-order valence-electron chi connectivity index (χ4n) is 7.52. The fraction of sp³-hybridized carbons (Fsp3) is 0.571. The minimum atomic E-state index is -0.914. The van der Waals surface area contributed by atoms with Gasteiger partial charge in [-0.2, -0.15) is 0 Å². The molecule has 0 aliphatic heterocycles. The Morgan fingerprint density at radius 2 is 1.19 bits per heavy atom. The molecule has 3 saturated carbocycles. The molecule has 2 aromatic rings. The Bertz CT molecular complexity index is 1800. The molecule has 1 heterocycles. The van der Waals surface area contributed by atoms with Gasteiger partial charge in [0.2, 0.25) is 5.88 Å². The van der Waals surface area contributed by atoms with Crippen LogP contribution in [0.3, 0.4) is 0 Å². The first kappa shape index (κ1) is 50.5. The van der Waals surface area contributed by atoms with Gasteiger partial charge >= 0.3 is 23.9 Å². The average Bonchev–Trinajstić information content (AvgIpc) is 3.30. The normalized spacial score (nSPS) is 17.5. The van der Waals surface area contributed by atoms with E-state index in [9.17, 15) is 23.6 Å². The van der Waals surface area contributed by atoms with Crippen molar-refractivity contribution in [2.45, 2.75) is 121 Å². The minimum Gasteiger partial charge on any atom is -0.493 e. The molecule has 0 unspecified atom stereocenters. The number of carbonyl (C=O) groups excluding carboxylic acids is 4. The number of halogens is 1. The van der Waals surface area contributed by atoms with Crippen LogP contribution < -0.4 is 14.2 Å². The van der Waals surface area contributed by atoms with E-state index < -0.39 is 23.2 Å². The second-order valence-electron chi connectivity index (χ2n) is 15.9. The summed E-state index contributed by atoms with van der Waals surface area (Å²) in [5, 5.41) is 0. The number of aromatic nitrogens is 1. The Hall–Kier alpha value is -5.10. The molecule has 0 saturated heterocycles. The van der Waals surface area contributed by atoms with E-state index >= 15 is 0 Å². The van der Waals surface area contributed by atoms with Crippen molar-refractivity contribution in [1.29, 1.82) is 0 Å². The maximum absolute atomic E-state index is 14.7. The highest BCUT2D eigenvalue weighted by molar-refractivity contribution is 5.90. The number of hydrogen-bond acceptors (Lipinski definition) is 13. The van der Waals surface area contributed by atoms with E-state index in [-0.39, 0.29) is 41.3 Å². The van der Waals surface area contributed by atoms with Gasteiger partial charge in [-0.15, -0.1) is 0 Å². The van der Waals surface area contributed by atoms with Crippen molar-refractivity contribution in [2.24, 2.45) is 5.41 Å². The second-order valence-corrected chi connectivity index (χ2v) is 15.9. The van der Waals surface area contributed by atoms with Crippen molar-refractivity contribution < 1.29 is 61.5 Å². The van der Waals surface area contributed by atoms with Crippen LogP contribution in [0.15, 0.2) is 61.8 Å². The number of ether oxygens (including phenoxy) is 8. The van der Waals surface area contributed by atoms with Crippen LogP contribution in [0.4, 0.5) is 4.39 Å². The molecule has 14 heteroatoms. The summed E-state index contributed by atoms with van der Waals surface area (Å²) in [4.78, 5) is 51.8. The van der Waals surface area contributed by atoms with Crippen molar-refractivity contribution in [3.8, 4) is 29.2 Å². The lowest BCUT2D eigenvalue weighted by molar-refractivity contribution is -0.171. The Balaban J connectivity index is 1.03. The quantitative estimate of drug-likeness (QED) is 0.0307. The maximum atomic E-state index is 14.7. The highest BCUT2D eigenvalue weighted by Crippen LogP contribution is 2.54. The molecular formula is C49H64FNO12. The van der Waals surface area contributed by atoms with Crippen molar-refractivity contribution in [1.82, 2.24) is 4.98 Å². The van der Waals surface area contributed by atoms with Crippen molar-refractivity contribution in [3.63, 3.8) is 0 Å². The van der Waals surface area contributed by atoms with Crippen LogP contribution in [-0.4, -0.2) is 87.3 Å². The zero-order valence-corrected chi connectivity index (χ0v) is 36.6. The molecule has 0 spiro atoms. The molecule has 0 atom stereocenters. The lowest BCUT2D eigenvalue weighted by Gasteiger charge is -2.51. The molecule has 3 aliphatic carbocycles. The van der Waals surface area contributed by atoms with Gasteiger partial charge in [0, 0.05) is 43.4 Å². The fourth-order valence-corrected chi connectivity index (χ4v) is 7.52. The van der Waals surface area contributed by atoms with E-state index in [4.69, 9.17) is 37.9 Å². The Morgan fingerprint density at radius 1 is 0.635 bits per heavy atom. The lowest BCUT2D eigenvalue weighted by Crippen LogP contribution is -2.52. The van der Waals surface area contributed by atoms with Crippen LogP contribution in [0, 0.1) is 23.1 Å². The molecule has 344 valence electrons. The maximum Gasteiger partial charge on any atom is 0.391 e. The molecule has 2 bridgehead atoms. The summed E-state index contributed by atoms with van der Waals surface area (Å²) < 4.78 is 58.5. The van der Waals surface area contributed by atoms with Crippen LogP contribution in [0.25, 0.3) is 0 Å². The highest BCUT2D eigenvalue weighted by atomic mass is 19.1. The molecule has 5 rings (SSSR count). The molecule has 1 aromatic carbocycles. The first-order valence-electron chi connectivity index (χ1n) is 22.4. The van der Waals surface area contributed by atoms with E-state index in [1.807, 2.05) is 0 Å². The molecule has 0 radical (unpaired) electrons. The zero-order valence-electron chi connectivity index (χ0n) is 36.6. The number of fused-ring (bicyclic) bond motifs is 3. The van der Waals surface area contributed by atoms with Gasteiger partial charge in [-0.3, -0.25) is 4.79 Å². The summed E-state index contributed by atoms with van der Waals surface area (Å²) in [7, 11) is 0. The number of nitrogens with zero attached hydrogens (tertiary/aromatic N) is 1. The number of hydrogen-bond donors (Lipinski definition) is 0. The second kappa shape index (κ2) is 28.6. The molecule has 3 fully saturated rings. The highest BCUT2D eigenvalue weighted by Gasteiger charge is 2.54. The number of rotatable bonds is 31. The molecule has 1 aromatic heterocycles. The van der Waals surface area contributed by atoms with Gasteiger partial charge in [0.25, 0.3) is 0 Å². The van der Waals surface area contributed by atoms with Gasteiger partial charge in [-0.1, -0.05) is 64.0 Å². The molecule has 0 N–H and O–H groups in total. The third-order valence-corrected chi connectivity index (χ3v) is 11.3. The Kier molecular flexibility index (Phi) is 22.9. The van der Waals surface area contributed by atoms with Gasteiger partial charge in [0.1, 0.15) is 23.9 Å². The summed E-state index contributed by atoms with van der Waals surface area (Å²) >= 11 is 0. The topological polar surface area (TPSA) is 155 Å². The standard InChI is InChI=1S/C49H64FNO12/c1-3-44(52)59-31-15-11-9-7-5-6-8-10-14-30-58-40-19-17-39(42(50)37-40)18-22-46(54)63-43-21-20-41(38-51-43)62-47(55)48-23-26-49(27-24-48,28-25-48)61-32-16-12-13-29-56-33-34-57-35-36-60-45(53)4-2/h3-4,17,19-21,37-38H,1-2,5-16,23-36H2. The van der Waals surface area contributed by atoms with E-state index in [0.717, 1.165) is 102 Å². The first-order valence-corrected chi connectivity index (χ1v) is 22.4. The third-order valence-electron chi connectivity index (χ3n) is 11.3. The van der Waals surface area contributed by atoms with Crippen LogP contribution in [0.2, 0.25) is 0 Å². The first-order chi connectivity index (χ1) is 30.7. The SMILES string of the molecule is C=CC(=O)OCCCCCCCCCCCOc1ccc(C#CC(=O)Oc2ccc(OC(=O)C34CCC(OCCCCCOCCOCCOC(=O)C=C)(CC3)CC4)cn2)c(F)c1. The number of benzene rings is 1. The van der Waals surface area contributed by atoms with E-state index in [1.54, 1.807) is 6.07 Å².